The second kappa shape index (κ2) is 14.8. The zero-order valence-electron chi connectivity index (χ0n) is 24.4. The molecule has 0 aromatic heterocycles. The molecule has 2 atom stereocenters. The first kappa shape index (κ1) is 32.4. The third kappa shape index (κ3) is 7.98. The predicted octanol–water partition coefficient (Wildman–Crippen LogP) is 5.15. The number of aliphatic hydroxyl groups is 1. The van der Waals surface area contributed by atoms with E-state index in [0.717, 1.165) is 10.0 Å². The van der Waals surface area contributed by atoms with Crippen molar-refractivity contribution in [2.75, 3.05) is 19.0 Å². The lowest BCUT2D eigenvalue weighted by Crippen LogP contribution is -2.53. The Morgan fingerprint density at radius 3 is 2.27 bits per heavy atom. The number of rotatable bonds is 14. The molecule has 0 bridgehead atoms. The molecule has 1 amide bonds. The van der Waals surface area contributed by atoms with E-state index in [1.807, 2.05) is 54.6 Å². The zero-order chi connectivity index (χ0) is 31.7. The number of amides is 1. The SMILES string of the molecule is O=C(NNCc1ccccc1)[C@@]1(CCS(=O)(=O)c2ccccc2)N=C(c2ccc(OCCCO)cc2)O[C@H]1c1ccc(Br)cc1. The van der Waals surface area contributed by atoms with Gasteiger partial charge in [-0.25, -0.2) is 18.8 Å². The molecule has 1 aliphatic rings. The Labute approximate surface area is 271 Å². The monoisotopic (exact) mass is 691 g/mol. The van der Waals surface area contributed by atoms with Gasteiger partial charge in [0.25, 0.3) is 5.91 Å². The molecule has 1 heterocycles. The van der Waals surface area contributed by atoms with Gasteiger partial charge in [0.2, 0.25) is 5.90 Å². The molecule has 0 saturated carbocycles. The summed E-state index contributed by atoms with van der Waals surface area (Å²) in [5.74, 6) is -0.0412. The molecule has 0 saturated heterocycles. The highest BCUT2D eigenvalue weighted by molar-refractivity contribution is 9.10. The van der Waals surface area contributed by atoms with Gasteiger partial charge in [0.05, 0.1) is 17.3 Å². The topological polar surface area (TPSA) is 126 Å². The summed E-state index contributed by atoms with van der Waals surface area (Å²) in [5, 5.41) is 9.04. The number of benzene rings is 4. The van der Waals surface area contributed by atoms with Gasteiger partial charge in [0.1, 0.15) is 5.75 Å². The smallest absolute Gasteiger partial charge is 0.266 e. The van der Waals surface area contributed by atoms with Gasteiger partial charge in [-0.05, 0) is 59.7 Å². The van der Waals surface area contributed by atoms with E-state index >= 15 is 0 Å². The standard InChI is InChI=1S/C34H34BrN3O6S/c35-28-16-12-26(13-17-28)31-34(20-23-45(41,42)30-10-5-2-6-11-30,33(40)38-36-24-25-8-3-1-4-9-25)37-32(44-31)27-14-18-29(19-15-27)43-22-7-21-39/h1-6,8-19,31,36,39H,7,20-24H2,(H,38,40)/t31-,34-/m0/s1. The first-order valence-corrected chi connectivity index (χ1v) is 17.0. The Morgan fingerprint density at radius 2 is 1.60 bits per heavy atom. The van der Waals surface area contributed by atoms with Crippen molar-refractivity contribution in [1.29, 1.82) is 0 Å². The maximum Gasteiger partial charge on any atom is 0.266 e. The van der Waals surface area contributed by atoms with Gasteiger partial charge in [0, 0.05) is 36.0 Å². The largest absolute Gasteiger partial charge is 0.494 e. The molecule has 0 fully saturated rings. The van der Waals surface area contributed by atoms with Crippen LogP contribution in [0.4, 0.5) is 0 Å². The van der Waals surface area contributed by atoms with E-state index in [4.69, 9.17) is 19.6 Å². The quantitative estimate of drug-likeness (QED) is 0.123. The van der Waals surface area contributed by atoms with Crippen LogP contribution in [0.2, 0.25) is 0 Å². The Hall–Kier alpha value is -4.03. The van der Waals surface area contributed by atoms with E-state index in [0.29, 0.717) is 36.4 Å². The average molecular weight is 693 g/mol. The third-order valence-electron chi connectivity index (χ3n) is 7.39. The summed E-state index contributed by atoms with van der Waals surface area (Å²) in [6.45, 7) is 0.752. The number of aliphatic hydroxyl groups excluding tert-OH is 1. The maximum absolute atomic E-state index is 14.2. The highest BCUT2D eigenvalue weighted by Crippen LogP contribution is 2.43. The minimum atomic E-state index is -3.76. The van der Waals surface area contributed by atoms with Crippen LogP contribution in [0.5, 0.6) is 5.75 Å². The molecular formula is C34H34BrN3O6S. The van der Waals surface area contributed by atoms with Gasteiger partial charge in [-0.2, -0.15) is 0 Å². The van der Waals surface area contributed by atoms with Crippen LogP contribution in [-0.4, -0.2) is 49.8 Å². The molecule has 4 aromatic rings. The van der Waals surface area contributed by atoms with Crippen LogP contribution in [0.25, 0.3) is 0 Å². The normalized spacial score (nSPS) is 17.7. The number of halogens is 1. The molecular weight excluding hydrogens is 658 g/mol. The number of sulfone groups is 1. The molecule has 0 radical (unpaired) electrons. The number of nitrogens with zero attached hydrogens (tertiary/aromatic N) is 1. The predicted molar refractivity (Wildman–Crippen MR) is 175 cm³/mol. The van der Waals surface area contributed by atoms with Gasteiger partial charge in [-0.1, -0.05) is 76.6 Å². The number of hydrogen-bond acceptors (Lipinski definition) is 8. The molecule has 45 heavy (non-hydrogen) atoms. The van der Waals surface area contributed by atoms with Crippen molar-refractivity contribution in [1.82, 2.24) is 10.9 Å². The molecule has 3 N–H and O–H groups in total. The van der Waals surface area contributed by atoms with Crippen molar-refractivity contribution in [2.45, 2.75) is 35.9 Å². The minimum Gasteiger partial charge on any atom is -0.494 e. The van der Waals surface area contributed by atoms with E-state index in [-0.39, 0.29) is 29.6 Å². The van der Waals surface area contributed by atoms with Crippen molar-refractivity contribution < 1.29 is 27.8 Å². The molecule has 5 rings (SSSR count). The lowest BCUT2D eigenvalue weighted by Gasteiger charge is -2.30. The zero-order valence-corrected chi connectivity index (χ0v) is 26.8. The summed E-state index contributed by atoms with van der Waals surface area (Å²) >= 11 is 3.46. The molecule has 1 aliphatic heterocycles. The summed E-state index contributed by atoms with van der Waals surface area (Å²) in [7, 11) is -3.76. The number of ether oxygens (including phenoxy) is 2. The van der Waals surface area contributed by atoms with Crippen LogP contribution in [0.3, 0.4) is 0 Å². The first-order valence-electron chi connectivity index (χ1n) is 14.5. The number of hydrogen-bond donors (Lipinski definition) is 3. The fourth-order valence-corrected chi connectivity index (χ4v) is 6.63. The van der Waals surface area contributed by atoms with Gasteiger partial charge in [-0.3, -0.25) is 10.2 Å². The van der Waals surface area contributed by atoms with Crippen LogP contribution in [-0.2, 0) is 25.9 Å². The lowest BCUT2D eigenvalue weighted by molar-refractivity contribution is -0.130. The fourth-order valence-electron chi connectivity index (χ4n) is 4.97. The average Bonchev–Trinajstić information content (AvgIpc) is 3.46. The fraction of sp³-hybridized carbons (Fsp3) is 0.235. The highest BCUT2D eigenvalue weighted by atomic mass is 79.9. The summed E-state index contributed by atoms with van der Waals surface area (Å²) in [4.78, 5) is 19.3. The summed E-state index contributed by atoms with van der Waals surface area (Å²) in [6, 6.07) is 32.1. The summed E-state index contributed by atoms with van der Waals surface area (Å²) in [6.07, 6.45) is -0.560. The van der Waals surface area contributed by atoms with Crippen LogP contribution in [0, 0.1) is 0 Å². The van der Waals surface area contributed by atoms with Crippen LogP contribution in [0.1, 0.15) is 35.6 Å². The summed E-state index contributed by atoms with van der Waals surface area (Å²) in [5.41, 5.74) is 6.36. The van der Waals surface area contributed by atoms with E-state index < -0.39 is 27.4 Å². The Morgan fingerprint density at radius 1 is 0.933 bits per heavy atom. The van der Waals surface area contributed by atoms with Crippen LogP contribution < -0.4 is 15.6 Å². The number of carbonyl (C=O) groups excluding carboxylic acids is 1. The number of aliphatic imine (C=N–C) groups is 1. The molecule has 11 heteroatoms. The second-order valence-corrected chi connectivity index (χ2v) is 13.5. The number of nitrogens with one attached hydrogen (secondary N) is 2. The number of carbonyl (C=O) groups is 1. The molecule has 0 unspecified atom stereocenters. The minimum absolute atomic E-state index is 0.0323. The Bertz CT molecular complexity index is 1700. The van der Waals surface area contributed by atoms with Crippen LogP contribution >= 0.6 is 15.9 Å². The van der Waals surface area contributed by atoms with Crippen molar-refractivity contribution in [3.63, 3.8) is 0 Å². The molecule has 234 valence electrons. The van der Waals surface area contributed by atoms with Crippen molar-refractivity contribution in [3.8, 4) is 5.75 Å². The molecule has 4 aromatic carbocycles. The van der Waals surface area contributed by atoms with E-state index in [2.05, 4.69) is 26.8 Å². The third-order valence-corrected chi connectivity index (χ3v) is 9.65. The number of hydrazine groups is 1. The van der Waals surface area contributed by atoms with Crippen LogP contribution in [0.15, 0.2) is 124 Å². The molecule has 0 spiro atoms. The van der Waals surface area contributed by atoms with Gasteiger partial charge >= 0.3 is 0 Å². The second-order valence-electron chi connectivity index (χ2n) is 10.5. The van der Waals surface area contributed by atoms with Gasteiger partial charge < -0.3 is 14.6 Å². The Kier molecular flexibility index (Phi) is 10.7. The first-order chi connectivity index (χ1) is 21.8. The van der Waals surface area contributed by atoms with Crippen molar-refractivity contribution >= 4 is 37.6 Å². The van der Waals surface area contributed by atoms with Gasteiger partial charge in [-0.15, -0.1) is 0 Å². The summed E-state index contributed by atoms with van der Waals surface area (Å²) < 4.78 is 39.9. The lowest BCUT2D eigenvalue weighted by atomic mass is 9.85. The molecule has 0 aliphatic carbocycles. The maximum atomic E-state index is 14.2. The van der Waals surface area contributed by atoms with Crippen molar-refractivity contribution in [2.24, 2.45) is 4.99 Å². The van der Waals surface area contributed by atoms with E-state index in [9.17, 15) is 13.2 Å². The highest BCUT2D eigenvalue weighted by Gasteiger charge is 2.53. The van der Waals surface area contributed by atoms with E-state index in [1.54, 1.807) is 54.6 Å². The van der Waals surface area contributed by atoms with E-state index in [1.165, 1.54) is 0 Å². The molecule has 9 nitrogen and oxygen atoms in total. The van der Waals surface area contributed by atoms with Gasteiger partial charge in [0.15, 0.2) is 21.5 Å². The Balaban J connectivity index is 1.51. The van der Waals surface area contributed by atoms with Crippen molar-refractivity contribution in [3.05, 3.63) is 130 Å².